The minimum absolute atomic E-state index is 0.692. The fourth-order valence-electron chi connectivity index (χ4n) is 2.57. The molecule has 1 aliphatic rings. The highest BCUT2D eigenvalue weighted by Gasteiger charge is 2.21. The standard InChI is InChI=1S/C17H31N3O/c1-2-3-4-5-6-7-8-9-10-11-16-19-20-17(21-16)14-18-15-12-13-15/h15,18H,2-14H2,1H3. The van der Waals surface area contributed by atoms with Gasteiger partial charge in [0.1, 0.15) is 0 Å². The second-order valence-electron chi connectivity index (χ2n) is 6.32. The van der Waals surface area contributed by atoms with Crippen molar-refractivity contribution in [3.05, 3.63) is 11.8 Å². The topological polar surface area (TPSA) is 51.0 Å². The van der Waals surface area contributed by atoms with Crippen LogP contribution in [0, 0.1) is 0 Å². The van der Waals surface area contributed by atoms with E-state index in [4.69, 9.17) is 4.42 Å². The van der Waals surface area contributed by atoms with Crippen molar-refractivity contribution in [1.82, 2.24) is 15.5 Å². The average molecular weight is 293 g/mol. The van der Waals surface area contributed by atoms with Crippen molar-refractivity contribution in [3.8, 4) is 0 Å². The molecule has 2 rings (SSSR count). The summed E-state index contributed by atoms with van der Waals surface area (Å²) in [6, 6.07) is 0.692. The summed E-state index contributed by atoms with van der Waals surface area (Å²) < 4.78 is 5.65. The first-order valence-electron chi connectivity index (χ1n) is 8.93. The monoisotopic (exact) mass is 293 g/mol. The quantitative estimate of drug-likeness (QED) is 0.548. The lowest BCUT2D eigenvalue weighted by Gasteiger charge is -2.00. The Balaban J connectivity index is 1.43. The Morgan fingerprint density at radius 2 is 1.52 bits per heavy atom. The highest BCUT2D eigenvalue weighted by atomic mass is 16.4. The first kappa shape index (κ1) is 16.5. The smallest absolute Gasteiger partial charge is 0.230 e. The van der Waals surface area contributed by atoms with Crippen molar-refractivity contribution >= 4 is 0 Å². The summed E-state index contributed by atoms with van der Waals surface area (Å²) in [5, 5.41) is 11.6. The number of nitrogens with zero attached hydrogens (tertiary/aromatic N) is 2. The van der Waals surface area contributed by atoms with Crippen molar-refractivity contribution in [2.24, 2.45) is 0 Å². The number of nitrogens with one attached hydrogen (secondary N) is 1. The third-order valence-electron chi connectivity index (χ3n) is 4.12. The molecule has 0 bridgehead atoms. The first-order valence-corrected chi connectivity index (χ1v) is 8.93. The van der Waals surface area contributed by atoms with Crippen molar-refractivity contribution < 1.29 is 4.42 Å². The molecule has 1 aromatic rings. The van der Waals surface area contributed by atoms with Gasteiger partial charge < -0.3 is 9.73 Å². The molecule has 0 aromatic carbocycles. The largest absolute Gasteiger partial charge is 0.424 e. The van der Waals surface area contributed by atoms with E-state index in [0.717, 1.165) is 24.7 Å². The van der Waals surface area contributed by atoms with Gasteiger partial charge in [-0.15, -0.1) is 10.2 Å². The van der Waals surface area contributed by atoms with E-state index in [1.807, 2.05) is 0 Å². The van der Waals surface area contributed by atoms with Gasteiger partial charge in [-0.1, -0.05) is 58.3 Å². The van der Waals surface area contributed by atoms with Crippen LogP contribution < -0.4 is 5.32 Å². The van der Waals surface area contributed by atoms with Crippen LogP contribution in [0.1, 0.15) is 89.3 Å². The van der Waals surface area contributed by atoms with Crippen LogP contribution in [0.2, 0.25) is 0 Å². The maximum atomic E-state index is 5.65. The van der Waals surface area contributed by atoms with Crippen LogP contribution in [-0.4, -0.2) is 16.2 Å². The van der Waals surface area contributed by atoms with Gasteiger partial charge in [0.05, 0.1) is 6.54 Å². The third kappa shape index (κ3) is 7.60. The number of rotatable bonds is 13. The molecule has 0 amide bonds. The molecule has 21 heavy (non-hydrogen) atoms. The molecule has 1 heterocycles. The summed E-state index contributed by atoms with van der Waals surface area (Å²) in [6.07, 6.45) is 15.7. The second-order valence-corrected chi connectivity index (χ2v) is 6.32. The predicted octanol–water partition coefficient (Wildman–Crippen LogP) is 4.39. The van der Waals surface area contributed by atoms with Gasteiger partial charge in [-0.05, 0) is 19.3 Å². The average Bonchev–Trinajstić information content (AvgIpc) is 3.22. The van der Waals surface area contributed by atoms with Gasteiger partial charge in [-0.25, -0.2) is 0 Å². The van der Waals surface area contributed by atoms with Crippen molar-refractivity contribution in [2.75, 3.05) is 0 Å². The van der Waals surface area contributed by atoms with E-state index >= 15 is 0 Å². The zero-order valence-corrected chi connectivity index (χ0v) is 13.6. The van der Waals surface area contributed by atoms with Crippen LogP contribution in [0.3, 0.4) is 0 Å². The van der Waals surface area contributed by atoms with Gasteiger partial charge in [0.15, 0.2) is 0 Å². The molecule has 0 atom stereocenters. The molecule has 1 aliphatic carbocycles. The Morgan fingerprint density at radius 3 is 2.19 bits per heavy atom. The van der Waals surface area contributed by atoms with Crippen LogP contribution in [0.15, 0.2) is 4.42 Å². The first-order chi connectivity index (χ1) is 10.4. The normalized spacial score (nSPS) is 14.7. The lowest BCUT2D eigenvalue weighted by molar-refractivity contribution is 0.424. The minimum atomic E-state index is 0.692. The molecule has 4 nitrogen and oxygen atoms in total. The van der Waals surface area contributed by atoms with Gasteiger partial charge in [0, 0.05) is 12.5 Å². The summed E-state index contributed by atoms with van der Waals surface area (Å²) in [6.45, 7) is 3.00. The summed E-state index contributed by atoms with van der Waals surface area (Å²) in [7, 11) is 0. The SMILES string of the molecule is CCCCCCCCCCCc1nnc(CNC2CC2)o1. The molecule has 0 spiro atoms. The number of hydrogen-bond acceptors (Lipinski definition) is 4. The van der Waals surface area contributed by atoms with Gasteiger partial charge in [0.25, 0.3) is 0 Å². The summed E-state index contributed by atoms with van der Waals surface area (Å²) in [4.78, 5) is 0. The Bertz CT molecular complexity index is 374. The lowest BCUT2D eigenvalue weighted by atomic mass is 10.1. The molecule has 0 radical (unpaired) electrons. The molecule has 0 saturated heterocycles. The van der Waals surface area contributed by atoms with Gasteiger partial charge in [-0.2, -0.15) is 0 Å². The fourth-order valence-corrected chi connectivity index (χ4v) is 2.57. The van der Waals surface area contributed by atoms with Crippen LogP contribution in [0.25, 0.3) is 0 Å². The minimum Gasteiger partial charge on any atom is -0.424 e. The van der Waals surface area contributed by atoms with Gasteiger partial charge >= 0.3 is 0 Å². The summed E-state index contributed by atoms with van der Waals surface area (Å²) in [5.41, 5.74) is 0. The molecular weight excluding hydrogens is 262 g/mol. The van der Waals surface area contributed by atoms with E-state index in [1.165, 1.54) is 70.6 Å². The van der Waals surface area contributed by atoms with Crippen LogP contribution >= 0.6 is 0 Å². The molecular formula is C17H31N3O. The zero-order chi connectivity index (χ0) is 14.8. The third-order valence-corrected chi connectivity index (χ3v) is 4.12. The Morgan fingerprint density at radius 1 is 0.905 bits per heavy atom. The number of hydrogen-bond donors (Lipinski definition) is 1. The highest BCUT2D eigenvalue weighted by Crippen LogP contribution is 2.19. The number of aryl methyl sites for hydroxylation is 1. The summed E-state index contributed by atoms with van der Waals surface area (Å²) in [5.74, 6) is 1.55. The maximum Gasteiger partial charge on any atom is 0.230 e. The van der Waals surface area contributed by atoms with Crippen molar-refractivity contribution in [2.45, 2.75) is 96.6 Å². The predicted molar refractivity (Wildman–Crippen MR) is 85.1 cm³/mol. The van der Waals surface area contributed by atoms with E-state index < -0.39 is 0 Å². The van der Waals surface area contributed by atoms with Crippen molar-refractivity contribution in [3.63, 3.8) is 0 Å². The summed E-state index contributed by atoms with van der Waals surface area (Å²) >= 11 is 0. The maximum absolute atomic E-state index is 5.65. The second kappa shape index (κ2) is 9.93. The van der Waals surface area contributed by atoms with E-state index in [0.29, 0.717) is 6.04 Å². The van der Waals surface area contributed by atoms with Gasteiger partial charge in [-0.3, -0.25) is 0 Å². The van der Waals surface area contributed by atoms with Crippen molar-refractivity contribution in [1.29, 1.82) is 0 Å². The molecule has 1 aromatic heterocycles. The molecule has 1 N–H and O–H groups in total. The van der Waals surface area contributed by atoms with E-state index in [2.05, 4.69) is 22.4 Å². The zero-order valence-electron chi connectivity index (χ0n) is 13.6. The van der Waals surface area contributed by atoms with E-state index in [1.54, 1.807) is 0 Å². The Hall–Kier alpha value is -0.900. The van der Waals surface area contributed by atoms with Crippen LogP contribution in [0.4, 0.5) is 0 Å². The Kier molecular flexibility index (Phi) is 7.79. The van der Waals surface area contributed by atoms with Crippen LogP contribution in [0.5, 0.6) is 0 Å². The number of aromatic nitrogens is 2. The molecule has 1 fully saturated rings. The molecule has 120 valence electrons. The number of unbranched alkanes of at least 4 members (excludes halogenated alkanes) is 8. The van der Waals surface area contributed by atoms with E-state index in [-0.39, 0.29) is 0 Å². The highest BCUT2D eigenvalue weighted by molar-refractivity contribution is 4.86. The molecule has 4 heteroatoms. The van der Waals surface area contributed by atoms with E-state index in [9.17, 15) is 0 Å². The fraction of sp³-hybridized carbons (Fsp3) is 0.882. The molecule has 0 aliphatic heterocycles. The lowest BCUT2D eigenvalue weighted by Crippen LogP contribution is -2.15. The molecule has 0 unspecified atom stereocenters. The Labute approximate surface area is 129 Å². The van der Waals surface area contributed by atoms with Gasteiger partial charge in [0.2, 0.25) is 11.8 Å². The van der Waals surface area contributed by atoms with Crippen LogP contribution in [-0.2, 0) is 13.0 Å². The molecule has 1 saturated carbocycles.